The van der Waals surface area contributed by atoms with Gasteiger partial charge < -0.3 is 87.4 Å². The predicted molar refractivity (Wildman–Crippen MR) is 262 cm³/mol. The highest BCUT2D eigenvalue weighted by atomic mass is 31.2. The summed E-state index contributed by atoms with van der Waals surface area (Å²) in [5.41, 5.74) is -1.01. The number of anilines is 2. The zero-order valence-corrected chi connectivity index (χ0v) is 42.9. The van der Waals surface area contributed by atoms with E-state index in [0.717, 1.165) is 6.92 Å². The van der Waals surface area contributed by atoms with Crippen LogP contribution < -0.4 is 42.7 Å². The van der Waals surface area contributed by atoms with Crippen molar-refractivity contribution in [2.75, 3.05) is 18.1 Å². The van der Waals surface area contributed by atoms with Crippen LogP contribution in [-0.2, 0) is 72.8 Å². The molecule has 1 unspecified atom stereocenters. The SMILES string of the molecule is C[C@H](OP(=O)(O)OC[C@@H](O)[C@@H](O)[C@@H](O)CN1c2cc(O)ccc2Cc2c1[nH]c(=O)[nH]c2=O)C(=O)N[C@@H](CCC(=O)N[C@@H](CCC(=O)N[C@@H](CCC(=O)N[C@@H](CCC(=O)N[C@@H](CCC(=O)O)C(=O)O)C(=O)O)C(=O)O)C(=O)O)C(=O)O. The molecule has 10 atom stereocenters. The van der Waals surface area contributed by atoms with Crippen LogP contribution in [0.2, 0.25) is 0 Å². The Bertz CT molecular complexity index is 2820. The number of phenolic OH excluding ortho intramolecular Hbond substituents is 1. The summed E-state index contributed by atoms with van der Waals surface area (Å²) in [6.07, 6.45) is -15.0. The number of fused-ring (bicyclic) bond motifs is 2. The number of benzene rings is 1. The molecule has 5 amide bonds. The minimum absolute atomic E-state index is 0.00914. The first-order chi connectivity index (χ1) is 37.3. The third kappa shape index (κ3) is 21.1. The van der Waals surface area contributed by atoms with E-state index >= 15 is 0 Å². The number of aliphatic carboxylic acids is 6. The number of rotatable bonds is 35. The number of aromatic amines is 2. The van der Waals surface area contributed by atoms with Crippen LogP contribution in [0, 0.1) is 0 Å². The Kier molecular flexibility index (Phi) is 24.8. The average Bonchev–Trinajstić information content (AvgIpc) is 3.40. The number of H-pyrrole nitrogens is 2. The molecule has 0 saturated heterocycles. The number of hydrogen-bond acceptors (Lipinski definition) is 21. The van der Waals surface area contributed by atoms with Gasteiger partial charge in [0.15, 0.2) is 0 Å². The molecule has 18 N–H and O–H groups in total. The first-order valence-corrected chi connectivity index (χ1v) is 25.3. The van der Waals surface area contributed by atoms with Gasteiger partial charge in [-0.25, -0.2) is 33.3 Å². The largest absolute Gasteiger partial charge is 0.508 e. The Morgan fingerprint density at radius 2 is 1.04 bits per heavy atom. The molecule has 0 radical (unpaired) electrons. The number of carbonyl (C=O) groups excluding carboxylic acids is 5. The summed E-state index contributed by atoms with van der Waals surface area (Å²) in [4.78, 5) is 173. The van der Waals surface area contributed by atoms with Crippen molar-refractivity contribution in [2.24, 2.45) is 0 Å². The van der Waals surface area contributed by atoms with Crippen LogP contribution in [0.15, 0.2) is 27.8 Å². The number of carbonyl (C=O) groups is 11. The van der Waals surface area contributed by atoms with Crippen molar-refractivity contribution in [3.8, 4) is 5.75 Å². The lowest BCUT2D eigenvalue weighted by Crippen LogP contribution is -2.47. The second kappa shape index (κ2) is 30.1. The summed E-state index contributed by atoms with van der Waals surface area (Å²) >= 11 is 0. The second-order valence-electron chi connectivity index (χ2n) is 17.8. The number of amides is 5. The number of β-amino-alcohol motifs (C(OH)–C–C–N with tert-alkyl or cyclic N) is 1. The fourth-order valence-corrected chi connectivity index (χ4v) is 8.36. The summed E-state index contributed by atoms with van der Waals surface area (Å²) in [5, 5.41) is 109. The van der Waals surface area contributed by atoms with E-state index in [1.54, 1.807) is 0 Å². The molecule has 2 heterocycles. The van der Waals surface area contributed by atoms with Crippen molar-refractivity contribution in [3.05, 3.63) is 50.2 Å². The van der Waals surface area contributed by atoms with Gasteiger partial charge in [-0.1, -0.05) is 6.07 Å². The van der Waals surface area contributed by atoms with Crippen LogP contribution in [0.25, 0.3) is 0 Å². The number of aliphatic hydroxyl groups excluding tert-OH is 3. The molecule has 3 rings (SSSR count). The molecule has 442 valence electrons. The number of aliphatic hydroxyl groups is 3. The molecule has 1 aromatic heterocycles. The maximum Gasteiger partial charge on any atom is 0.473 e. The predicted octanol–water partition coefficient (Wildman–Crippen LogP) is -4.75. The Morgan fingerprint density at radius 1 is 0.625 bits per heavy atom. The van der Waals surface area contributed by atoms with Gasteiger partial charge in [-0.05, 0) is 50.7 Å². The lowest BCUT2D eigenvalue weighted by atomic mass is 9.97. The number of carboxylic acids is 6. The van der Waals surface area contributed by atoms with Gasteiger partial charge in [0, 0.05) is 50.3 Å². The van der Waals surface area contributed by atoms with Crippen molar-refractivity contribution in [2.45, 2.75) is 132 Å². The maximum absolute atomic E-state index is 12.8. The highest BCUT2D eigenvalue weighted by Gasteiger charge is 2.36. The number of nitrogens with zero attached hydrogens (tertiary/aromatic N) is 1. The first-order valence-electron chi connectivity index (χ1n) is 23.8. The van der Waals surface area contributed by atoms with Crippen LogP contribution in [0.1, 0.15) is 82.3 Å². The zero-order valence-electron chi connectivity index (χ0n) is 42.0. The number of aromatic nitrogens is 2. The van der Waals surface area contributed by atoms with Crippen LogP contribution in [0.5, 0.6) is 5.75 Å². The van der Waals surface area contributed by atoms with Gasteiger partial charge in [0.05, 0.1) is 18.7 Å². The lowest BCUT2D eigenvalue weighted by Gasteiger charge is -2.35. The number of nitrogens with one attached hydrogen (secondary N) is 7. The van der Waals surface area contributed by atoms with Gasteiger partial charge in [-0.2, -0.15) is 0 Å². The van der Waals surface area contributed by atoms with E-state index in [4.69, 9.17) is 9.63 Å². The van der Waals surface area contributed by atoms with Crippen LogP contribution in [0.4, 0.5) is 11.5 Å². The van der Waals surface area contributed by atoms with Gasteiger partial charge in [0.2, 0.25) is 29.5 Å². The smallest absolute Gasteiger partial charge is 0.473 e. The average molecular weight is 1160 g/mol. The molecule has 0 aliphatic carbocycles. The van der Waals surface area contributed by atoms with E-state index < -0.39 is 216 Å². The third-order valence-electron chi connectivity index (χ3n) is 11.7. The summed E-state index contributed by atoms with van der Waals surface area (Å²) in [6, 6.07) is -4.92. The minimum atomic E-state index is -5.37. The van der Waals surface area contributed by atoms with E-state index in [2.05, 4.69) is 14.5 Å². The van der Waals surface area contributed by atoms with Crippen molar-refractivity contribution >= 4 is 84.7 Å². The second-order valence-corrected chi connectivity index (χ2v) is 19.2. The first kappa shape index (κ1) is 65.9. The summed E-state index contributed by atoms with van der Waals surface area (Å²) in [6.45, 7) is -1.03. The molecular formula is C44H59N8O27P. The fourth-order valence-electron chi connectivity index (χ4n) is 7.46. The Balaban J connectivity index is 1.47. The van der Waals surface area contributed by atoms with Gasteiger partial charge in [-0.3, -0.25) is 52.6 Å². The number of phosphoric ester groups is 1. The number of carboxylic acid groups (broad SMARTS) is 6. The Morgan fingerprint density at radius 3 is 1.45 bits per heavy atom. The van der Waals surface area contributed by atoms with Crippen molar-refractivity contribution in [1.29, 1.82) is 0 Å². The van der Waals surface area contributed by atoms with Crippen LogP contribution >= 0.6 is 7.82 Å². The van der Waals surface area contributed by atoms with Gasteiger partial charge in [0.1, 0.15) is 66.2 Å². The standard InChI is InChI=1S/C44H59N8O27P/c1-18(79-80(76,77)78-17-29(55)35(62)28(54)16-52-27-15-20(53)3-2-19(27)14-21-36(52)50-44(75)51-38(21)64)37(63)49-26(43(73)74)7-12-33(59)47-24(41(69)70)5-10-31(57)45-22(39(65)66)4-9-30(56)46-23(40(67)68)6-11-32(58)48-25(42(71)72)8-13-34(60)61/h2-3,15,18,22-26,28-29,35,53-55,62H,4-14,16-17H2,1H3,(H,45,57)(H,46,56)(H,47,59)(H,48,58)(H,49,63)(H,60,61)(H,65,66)(H,67,68)(H,69,70)(H,71,72)(H,73,74)(H,76,77)(H2,50,51,64,75)/t18-,22-,23-,24-,25-,26-,28-,29+,35-/m0/s1. The molecule has 0 fully saturated rings. The summed E-state index contributed by atoms with van der Waals surface area (Å²) in [7, 11) is -5.37. The Hall–Kier alpha value is -8.34. The highest BCUT2D eigenvalue weighted by Crippen LogP contribution is 2.45. The van der Waals surface area contributed by atoms with Crippen LogP contribution in [0.3, 0.4) is 0 Å². The molecule has 2 aromatic rings. The summed E-state index contributed by atoms with van der Waals surface area (Å²) in [5.74, 6) is -15.7. The number of hydrogen-bond donors (Lipinski definition) is 18. The van der Waals surface area contributed by atoms with E-state index in [-0.39, 0.29) is 29.2 Å². The molecule has 1 aliphatic heterocycles. The fraction of sp³-hybridized carbons (Fsp3) is 0.523. The van der Waals surface area contributed by atoms with Crippen molar-refractivity contribution < 1.29 is 122 Å². The van der Waals surface area contributed by atoms with E-state index in [0.29, 0.717) is 5.56 Å². The molecule has 80 heavy (non-hydrogen) atoms. The van der Waals surface area contributed by atoms with Crippen molar-refractivity contribution in [1.82, 2.24) is 36.6 Å². The normalized spacial score (nSPS) is 15.9. The lowest BCUT2D eigenvalue weighted by molar-refractivity contribution is -0.144. The summed E-state index contributed by atoms with van der Waals surface area (Å²) < 4.78 is 22.1. The quantitative estimate of drug-likeness (QED) is 0.0288. The van der Waals surface area contributed by atoms with E-state index in [9.17, 15) is 118 Å². The van der Waals surface area contributed by atoms with E-state index in [1.165, 1.54) is 23.1 Å². The number of phenols is 1. The van der Waals surface area contributed by atoms with Gasteiger partial charge in [0.25, 0.3) is 5.56 Å². The molecule has 35 nitrogen and oxygen atoms in total. The molecule has 0 saturated carbocycles. The van der Waals surface area contributed by atoms with Crippen molar-refractivity contribution in [3.63, 3.8) is 0 Å². The van der Waals surface area contributed by atoms with Gasteiger partial charge >= 0.3 is 49.3 Å². The monoisotopic (exact) mass is 1160 g/mol. The molecule has 36 heteroatoms. The third-order valence-corrected chi connectivity index (χ3v) is 12.7. The molecule has 1 aromatic carbocycles. The zero-order chi connectivity index (χ0) is 60.3. The Labute approximate surface area is 448 Å². The molecule has 1 aliphatic rings. The molecule has 0 spiro atoms. The molecular weight excluding hydrogens is 1100 g/mol. The number of aromatic hydroxyl groups is 1. The molecule has 0 bridgehead atoms. The maximum atomic E-state index is 12.8. The highest BCUT2D eigenvalue weighted by molar-refractivity contribution is 7.47. The van der Waals surface area contributed by atoms with E-state index in [1.807, 2.05) is 26.6 Å². The minimum Gasteiger partial charge on any atom is -0.508 e. The van der Waals surface area contributed by atoms with Crippen LogP contribution in [-0.4, -0.2) is 199 Å². The topological polar surface area (TPSA) is 575 Å². The number of phosphoric acid groups is 1. The van der Waals surface area contributed by atoms with Gasteiger partial charge in [-0.15, -0.1) is 0 Å².